The number of anilines is 1. The number of aromatic nitrogens is 3. The fraction of sp³-hybridized carbons (Fsp3) is 0.304. The summed E-state index contributed by atoms with van der Waals surface area (Å²) in [6.07, 6.45) is 4.72. The number of rotatable bonds is 10. The Kier molecular flexibility index (Phi) is 7.89. The summed E-state index contributed by atoms with van der Waals surface area (Å²) in [5, 5.41) is 13.3. The number of hydrogen-bond donors (Lipinski definition) is 3. The van der Waals surface area contributed by atoms with Crippen LogP contribution in [0.25, 0.3) is 11.3 Å². The zero-order valence-corrected chi connectivity index (χ0v) is 17.8. The van der Waals surface area contributed by atoms with Gasteiger partial charge in [-0.15, -0.1) is 0 Å². The maximum Gasteiger partial charge on any atom is 0.243 e. The molecule has 0 aliphatic heterocycles. The van der Waals surface area contributed by atoms with Gasteiger partial charge in [0, 0.05) is 37.6 Å². The Bertz CT molecular complexity index is 988. The first-order valence-corrected chi connectivity index (χ1v) is 10.4. The molecule has 2 heterocycles. The van der Waals surface area contributed by atoms with Crippen molar-refractivity contribution in [2.75, 3.05) is 18.4 Å². The molecule has 3 N–H and O–H groups in total. The van der Waals surface area contributed by atoms with E-state index in [1.165, 1.54) is 0 Å². The number of pyridine rings is 1. The van der Waals surface area contributed by atoms with Crippen LogP contribution in [0.4, 0.5) is 5.82 Å². The molecule has 31 heavy (non-hydrogen) atoms. The van der Waals surface area contributed by atoms with E-state index in [9.17, 15) is 9.59 Å². The molecule has 0 aliphatic carbocycles. The summed E-state index contributed by atoms with van der Waals surface area (Å²) in [5.41, 5.74) is 2.66. The van der Waals surface area contributed by atoms with Gasteiger partial charge in [0.25, 0.3) is 0 Å². The first-order chi connectivity index (χ1) is 15.1. The van der Waals surface area contributed by atoms with Crippen LogP contribution in [0.2, 0.25) is 0 Å². The lowest BCUT2D eigenvalue weighted by molar-refractivity contribution is -0.121. The second-order valence-electron chi connectivity index (χ2n) is 7.24. The van der Waals surface area contributed by atoms with Crippen LogP contribution < -0.4 is 16.0 Å². The van der Waals surface area contributed by atoms with Crippen molar-refractivity contribution in [2.24, 2.45) is 7.05 Å². The minimum Gasteiger partial charge on any atom is -0.355 e. The minimum atomic E-state index is -0.575. The quantitative estimate of drug-likeness (QED) is 0.467. The van der Waals surface area contributed by atoms with E-state index >= 15 is 0 Å². The van der Waals surface area contributed by atoms with E-state index < -0.39 is 6.04 Å². The van der Waals surface area contributed by atoms with E-state index in [0.29, 0.717) is 18.8 Å². The molecule has 0 spiro atoms. The van der Waals surface area contributed by atoms with Crippen molar-refractivity contribution in [3.05, 3.63) is 66.5 Å². The largest absolute Gasteiger partial charge is 0.355 e. The van der Waals surface area contributed by atoms with Crippen molar-refractivity contribution < 1.29 is 9.59 Å². The van der Waals surface area contributed by atoms with Gasteiger partial charge < -0.3 is 10.6 Å². The molecule has 3 aromatic rings. The van der Waals surface area contributed by atoms with Crippen molar-refractivity contribution in [2.45, 2.75) is 25.8 Å². The van der Waals surface area contributed by atoms with Crippen molar-refractivity contribution in [3.8, 4) is 11.3 Å². The van der Waals surface area contributed by atoms with Crippen LogP contribution in [0.1, 0.15) is 18.9 Å². The Hall–Kier alpha value is -3.52. The van der Waals surface area contributed by atoms with Gasteiger partial charge in [0.1, 0.15) is 5.82 Å². The lowest BCUT2D eigenvalue weighted by Gasteiger charge is -2.18. The molecule has 1 unspecified atom stereocenters. The molecule has 2 amide bonds. The van der Waals surface area contributed by atoms with Crippen molar-refractivity contribution in [1.82, 2.24) is 25.4 Å². The maximum atomic E-state index is 13.1. The number of carbonyl (C=O) groups excluding carboxylic acids is 2. The van der Waals surface area contributed by atoms with E-state index in [2.05, 4.69) is 26.0 Å². The molecule has 8 heteroatoms. The Morgan fingerprint density at radius 1 is 1.10 bits per heavy atom. The monoisotopic (exact) mass is 420 g/mol. The number of hydrogen-bond acceptors (Lipinski definition) is 5. The Morgan fingerprint density at radius 3 is 2.55 bits per heavy atom. The van der Waals surface area contributed by atoms with Crippen LogP contribution in [0.5, 0.6) is 0 Å². The highest BCUT2D eigenvalue weighted by Gasteiger charge is 2.21. The first-order valence-electron chi connectivity index (χ1n) is 10.4. The van der Waals surface area contributed by atoms with Gasteiger partial charge in [0.15, 0.2) is 0 Å². The zero-order chi connectivity index (χ0) is 22.1. The molecule has 2 aromatic heterocycles. The van der Waals surface area contributed by atoms with E-state index in [0.717, 1.165) is 23.2 Å². The summed E-state index contributed by atoms with van der Waals surface area (Å²) < 4.78 is 1.63. The van der Waals surface area contributed by atoms with Crippen molar-refractivity contribution in [3.63, 3.8) is 0 Å². The summed E-state index contributed by atoms with van der Waals surface area (Å²) in [7, 11) is 1.78. The predicted octanol–water partition coefficient (Wildman–Crippen LogP) is 2.15. The molecule has 0 aliphatic rings. The number of nitrogens with one attached hydrogen (secondary N) is 3. The molecule has 8 nitrogen and oxygen atoms in total. The average molecular weight is 421 g/mol. The number of benzene rings is 1. The van der Waals surface area contributed by atoms with E-state index in [1.54, 1.807) is 24.1 Å². The fourth-order valence-corrected chi connectivity index (χ4v) is 3.11. The topological polar surface area (TPSA) is 101 Å². The smallest absolute Gasteiger partial charge is 0.243 e. The van der Waals surface area contributed by atoms with E-state index in [4.69, 9.17) is 0 Å². The normalized spacial score (nSPS) is 11.7. The first kappa shape index (κ1) is 22.2. The van der Waals surface area contributed by atoms with Crippen molar-refractivity contribution in [1.29, 1.82) is 0 Å². The molecule has 1 aromatic carbocycles. The van der Waals surface area contributed by atoms with Gasteiger partial charge in [0.05, 0.1) is 18.3 Å². The van der Waals surface area contributed by atoms with Gasteiger partial charge in [0.2, 0.25) is 11.8 Å². The molecule has 0 fully saturated rings. The molecule has 162 valence electrons. The molecular formula is C23H28N6O2. The van der Waals surface area contributed by atoms with Gasteiger partial charge in [-0.3, -0.25) is 24.6 Å². The fourth-order valence-electron chi connectivity index (χ4n) is 3.11. The average Bonchev–Trinajstić information content (AvgIpc) is 3.16. The third-order valence-electron chi connectivity index (χ3n) is 4.79. The van der Waals surface area contributed by atoms with Crippen LogP contribution in [0.3, 0.4) is 0 Å². The molecule has 0 saturated carbocycles. The highest BCUT2D eigenvalue weighted by Crippen LogP contribution is 2.20. The summed E-state index contributed by atoms with van der Waals surface area (Å²) >= 11 is 0. The van der Waals surface area contributed by atoms with Gasteiger partial charge in [-0.1, -0.05) is 37.3 Å². The SMILES string of the molecule is CCCNC(=O)CNC(Cc1ccccc1)C(=O)Nc1cc(-c2ccncc2)nn1C. The number of carbonyl (C=O) groups is 2. The molecule has 0 radical (unpaired) electrons. The molecular weight excluding hydrogens is 392 g/mol. The predicted molar refractivity (Wildman–Crippen MR) is 120 cm³/mol. The van der Waals surface area contributed by atoms with Gasteiger partial charge in [-0.05, 0) is 30.5 Å². The number of amides is 2. The molecule has 1 atom stereocenters. The lowest BCUT2D eigenvalue weighted by atomic mass is 10.1. The third kappa shape index (κ3) is 6.48. The summed E-state index contributed by atoms with van der Waals surface area (Å²) in [6.45, 7) is 2.68. The molecule has 0 bridgehead atoms. The molecule has 3 rings (SSSR count). The summed E-state index contributed by atoms with van der Waals surface area (Å²) in [5.74, 6) is 0.219. The van der Waals surface area contributed by atoms with Crippen LogP contribution in [0.15, 0.2) is 60.9 Å². The maximum absolute atomic E-state index is 13.1. The number of nitrogens with zero attached hydrogens (tertiary/aromatic N) is 3. The van der Waals surface area contributed by atoms with Gasteiger partial charge >= 0.3 is 0 Å². The van der Waals surface area contributed by atoms with Crippen LogP contribution in [-0.4, -0.2) is 45.7 Å². The van der Waals surface area contributed by atoms with Crippen LogP contribution in [0, 0.1) is 0 Å². The Morgan fingerprint density at radius 2 is 1.84 bits per heavy atom. The van der Waals surface area contributed by atoms with Crippen LogP contribution in [-0.2, 0) is 23.1 Å². The van der Waals surface area contributed by atoms with Gasteiger partial charge in [-0.25, -0.2) is 0 Å². The number of aryl methyl sites for hydroxylation is 1. The Balaban J connectivity index is 1.71. The molecule has 0 saturated heterocycles. The van der Waals surface area contributed by atoms with E-state index in [-0.39, 0.29) is 18.4 Å². The van der Waals surface area contributed by atoms with Crippen molar-refractivity contribution >= 4 is 17.6 Å². The Labute approximate surface area is 182 Å². The minimum absolute atomic E-state index is 0.0680. The lowest BCUT2D eigenvalue weighted by Crippen LogP contribution is -2.46. The summed E-state index contributed by atoms with van der Waals surface area (Å²) in [6, 6.07) is 14.7. The van der Waals surface area contributed by atoms with Gasteiger partial charge in [-0.2, -0.15) is 5.10 Å². The zero-order valence-electron chi connectivity index (χ0n) is 17.8. The highest BCUT2D eigenvalue weighted by molar-refractivity contribution is 5.95. The third-order valence-corrected chi connectivity index (χ3v) is 4.79. The van der Waals surface area contributed by atoms with E-state index in [1.807, 2.05) is 55.5 Å². The summed E-state index contributed by atoms with van der Waals surface area (Å²) in [4.78, 5) is 29.1. The highest BCUT2D eigenvalue weighted by atomic mass is 16.2. The second kappa shape index (κ2) is 11.0. The van der Waals surface area contributed by atoms with Crippen LogP contribution >= 0.6 is 0 Å². The standard InChI is InChI=1S/C23H28N6O2/c1-3-11-25-22(30)16-26-20(14-17-7-5-4-6-8-17)23(31)27-21-15-19(28-29(21)2)18-9-12-24-13-10-18/h4-10,12-13,15,20,26H,3,11,14,16H2,1-2H3,(H,25,30)(H,27,31). The second-order valence-corrected chi connectivity index (χ2v) is 7.24.